The summed E-state index contributed by atoms with van der Waals surface area (Å²) in [5.74, 6) is -2.62. The van der Waals surface area contributed by atoms with Crippen LogP contribution in [-0.2, 0) is 32.2 Å². The molecule has 6 amide bonds. The molecule has 4 aromatic rings. The van der Waals surface area contributed by atoms with Gasteiger partial charge in [0.15, 0.2) is 11.9 Å². The van der Waals surface area contributed by atoms with Gasteiger partial charge in [-0.3, -0.25) is 49.0 Å². The number of H-pyrrole nitrogens is 1. The van der Waals surface area contributed by atoms with Crippen molar-refractivity contribution < 1.29 is 37.9 Å². The van der Waals surface area contributed by atoms with Gasteiger partial charge in [0.1, 0.15) is 11.9 Å². The molecular formula is C46H48FN9O7. The second kappa shape index (κ2) is 16.3. The molecule has 10 rings (SSSR count). The Labute approximate surface area is 362 Å². The molecule has 63 heavy (non-hydrogen) atoms. The van der Waals surface area contributed by atoms with E-state index < -0.39 is 41.6 Å². The molecule has 6 aliphatic heterocycles. The number of aromatic nitrogens is 2. The Bertz CT molecular complexity index is 2490. The third-order valence-electron chi connectivity index (χ3n) is 13.8. The van der Waals surface area contributed by atoms with E-state index in [0.29, 0.717) is 49.2 Å². The number of piperidine rings is 2. The van der Waals surface area contributed by atoms with Crippen molar-refractivity contribution in [2.75, 3.05) is 55.0 Å². The molecule has 4 saturated heterocycles. The molecule has 0 spiro atoms. The van der Waals surface area contributed by atoms with Crippen LogP contribution in [0.1, 0.15) is 92.5 Å². The Morgan fingerprint density at radius 1 is 0.873 bits per heavy atom. The first-order valence-electron chi connectivity index (χ1n) is 21.7. The molecule has 326 valence electrons. The largest absolute Gasteiger partial charge is 0.372 e. The third kappa shape index (κ3) is 7.41. The fraction of sp³-hybridized carbons (Fsp3) is 0.413. The summed E-state index contributed by atoms with van der Waals surface area (Å²) in [7, 11) is 1.52. The van der Waals surface area contributed by atoms with Gasteiger partial charge >= 0.3 is 0 Å². The van der Waals surface area contributed by atoms with Gasteiger partial charge in [0.25, 0.3) is 23.6 Å². The van der Waals surface area contributed by atoms with E-state index >= 15 is 4.39 Å². The SMILES string of the molecule is CO[C@@H](C(=O)N1Cc2[nH]nc(NC(=O)c3ccc(N4CCC(CN5C6CCC5CN(c5cc7c(cc5F)C(=O)N(C5CCC(=O)NC5=O)C7=O)C6)CC4)cc3)c2C1)c1ccccc1. The zero-order valence-corrected chi connectivity index (χ0v) is 34.8. The van der Waals surface area contributed by atoms with Gasteiger partial charge in [-0.15, -0.1) is 0 Å². The van der Waals surface area contributed by atoms with E-state index in [-0.39, 0.29) is 47.9 Å². The van der Waals surface area contributed by atoms with E-state index in [9.17, 15) is 28.8 Å². The van der Waals surface area contributed by atoms with Gasteiger partial charge in [-0.1, -0.05) is 30.3 Å². The number of benzene rings is 3. The number of carbonyl (C=O) groups excluding carboxylic acids is 6. The topological polar surface area (TPSA) is 181 Å². The summed E-state index contributed by atoms with van der Waals surface area (Å²) in [4.78, 5) is 87.1. The van der Waals surface area contributed by atoms with E-state index in [4.69, 9.17) is 4.74 Å². The molecule has 0 radical (unpaired) electrons. The average Bonchev–Trinajstić information content (AvgIpc) is 4.00. The normalized spacial score (nSPS) is 23.0. The number of nitrogens with zero attached hydrogens (tertiary/aromatic N) is 6. The number of nitrogens with one attached hydrogen (secondary N) is 3. The van der Waals surface area contributed by atoms with Crippen LogP contribution >= 0.6 is 0 Å². The van der Waals surface area contributed by atoms with Gasteiger partial charge in [0, 0.05) is 75.2 Å². The van der Waals surface area contributed by atoms with Crippen LogP contribution in [0.4, 0.5) is 21.6 Å². The summed E-state index contributed by atoms with van der Waals surface area (Å²) in [6.45, 7) is 4.59. The number of hydrogen-bond donors (Lipinski definition) is 3. The number of halogens is 1. The smallest absolute Gasteiger partial charge is 0.262 e. The zero-order valence-electron chi connectivity index (χ0n) is 34.8. The fourth-order valence-electron chi connectivity index (χ4n) is 10.5. The monoisotopic (exact) mass is 857 g/mol. The second-order valence-electron chi connectivity index (χ2n) is 17.5. The van der Waals surface area contributed by atoms with Gasteiger partial charge in [0.2, 0.25) is 11.8 Å². The lowest BCUT2D eigenvalue weighted by molar-refractivity contribution is -0.143. The number of fused-ring (bicyclic) bond motifs is 4. The maximum atomic E-state index is 15.7. The number of piperazine rings is 1. The van der Waals surface area contributed by atoms with Crippen molar-refractivity contribution in [1.29, 1.82) is 0 Å². The molecule has 16 nitrogen and oxygen atoms in total. The fourth-order valence-corrected chi connectivity index (χ4v) is 10.5. The van der Waals surface area contributed by atoms with E-state index in [1.807, 2.05) is 59.5 Å². The zero-order chi connectivity index (χ0) is 43.5. The Morgan fingerprint density at radius 3 is 2.25 bits per heavy atom. The first-order valence-corrected chi connectivity index (χ1v) is 21.7. The maximum Gasteiger partial charge on any atom is 0.262 e. The van der Waals surface area contributed by atoms with Gasteiger partial charge in [-0.05, 0) is 80.0 Å². The summed E-state index contributed by atoms with van der Waals surface area (Å²) in [5.41, 5.74) is 4.20. The number of carbonyl (C=O) groups is 6. The number of imide groups is 2. The van der Waals surface area contributed by atoms with Crippen LogP contribution < -0.4 is 20.4 Å². The van der Waals surface area contributed by atoms with Crippen molar-refractivity contribution in [2.24, 2.45) is 5.92 Å². The van der Waals surface area contributed by atoms with Gasteiger partial charge < -0.3 is 24.8 Å². The molecule has 6 aliphatic rings. The molecule has 17 heteroatoms. The maximum absolute atomic E-state index is 15.7. The van der Waals surface area contributed by atoms with Crippen molar-refractivity contribution in [3.8, 4) is 0 Å². The number of aromatic amines is 1. The summed E-state index contributed by atoms with van der Waals surface area (Å²) in [5, 5.41) is 12.4. The molecule has 1 aromatic heterocycles. The van der Waals surface area contributed by atoms with Crippen molar-refractivity contribution in [3.05, 3.63) is 106 Å². The minimum Gasteiger partial charge on any atom is -0.372 e. The van der Waals surface area contributed by atoms with Crippen LogP contribution in [0.5, 0.6) is 0 Å². The Morgan fingerprint density at radius 2 is 1.57 bits per heavy atom. The third-order valence-corrected chi connectivity index (χ3v) is 13.8. The number of hydrogen-bond acceptors (Lipinski definition) is 11. The van der Waals surface area contributed by atoms with Crippen LogP contribution in [0.15, 0.2) is 66.7 Å². The van der Waals surface area contributed by atoms with Crippen LogP contribution in [-0.4, -0.2) is 118 Å². The lowest BCUT2D eigenvalue weighted by Crippen LogP contribution is -2.55. The lowest BCUT2D eigenvalue weighted by atomic mass is 9.94. The van der Waals surface area contributed by atoms with Gasteiger partial charge in [0.05, 0.1) is 35.6 Å². The van der Waals surface area contributed by atoms with Crippen LogP contribution in [0.25, 0.3) is 0 Å². The minimum absolute atomic E-state index is 0.0151. The molecule has 4 fully saturated rings. The molecule has 7 heterocycles. The standard InChI is InChI=1S/C46H48FN9O7/c1-63-40(27-5-3-2-4-6-27)46(62)54-24-34-36(25-54)50-51-41(34)49-42(58)28-7-9-29(10-8-28)52-17-15-26(16-18-52)21-55-30-11-12-31(55)23-53(22-30)38-20-33-32(19-35(38)47)44(60)56(45(33)61)37-13-14-39(57)48-43(37)59/h2-10,19-20,26,30-31,37,40H,11-18,21-25H2,1H3,(H,48,57,59)(H2,49,50,51,58)/t30?,31?,37?,40-/m1/s1. The highest BCUT2D eigenvalue weighted by Gasteiger charge is 2.47. The lowest BCUT2D eigenvalue weighted by Gasteiger charge is -2.44. The minimum atomic E-state index is -1.10. The molecular weight excluding hydrogens is 810 g/mol. The van der Waals surface area contributed by atoms with E-state index in [1.165, 1.54) is 13.2 Å². The van der Waals surface area contributed by atoms with Crippen molar-refractivity contribution in [2.45, 2.75) is 75.8 Å². The van der Waals surface area contributed by atoms with E-state index in [1.54, 1.807) is 4.90 Å². The second-order valence-corrected chi connectivity index (χ2v) is 17.5. The van der Waals surface area contributed by atoms with Gasteiger partial charge in [-0.2, -0.15) is 5.10 Å². The van der Waals surface area contributed by atoms with Crippen LogP contribution in [0.3, 0.4) is 0 Å². The number of ether oxygens (including phenoxy) is 1. The van der Waals surface area contributed by atoms with Crippen LogP contribution in [0.2, 0.25) is 0 Å². The highest BCUT2D eigenvalue weighted by Crippen LogP contribution is 2.39. The van der Waals surface area contributed by atoms with E-state index in [0.717, 1.165) is 78.8 Å². The Kier molecular flexibility index (Phi) is 10.5. The summed E-state index contributed by atoms with van der Waals surface area (Å²) < 4.78 is 21.3. The molecule has 3 unspecified atom stereocenters. The molecule has 4 atom stereocenters. The van der Waals surface area contributed by atoms with Gasteiger partial charge in [-0.25, -0.2) is 4.39 Å². The predicted octanol–water partition coefficient (Wildman–Crippen LogP) is 4.00. The molecule has 0 aliphatic carbocycles. The van der Waals surface area contributed by atoms with Crippen molar-refractivity contribution in [1.82, 2.24) is 30.2 Å². The van der Waals surface area contributed by atoms with Crippen LogP contribution in [0, 0.1) is 11.7 Å². The molecule has 3 aromatic carbocycles. The summed E-state index contributed by atoms with van der Waals surface area (Å²) >= 11 is 0. The molecule has 0 saturated carbocycles. The Hall–Kier alpha value is -6.46. The average molecular weight is 858 g/mol. The van der Waals surface area contributed by atoms with Crippen molar-refractivity contribution in [3.63, 3.8) is 0 Å². The number of amides is 6. The highest BCUT2D eigenvalue weighted by atomic mass is 19.1. The molecule has 2 bridgehead atoms. The number of anilines is 3. The first kappa shape index (κ1) is 40.6. The quantitative estimate of drug-likeness (QED) is 0.196. The summed E-state index contributed by atoms with van der Waals surface area (Å²) in [6, 6.07) is 18.9. The molecule has 3 N–H and O–H groups in total. The first-order chi connectivity index (χ1) is 30.5. The predicted molar refractivity (Wildman–Crippen MR) is 227 cm³/mol. The Balaban J connectivity index is 0.712. The number of rotatable bonds is 10. The summed E-state index contributed by atoms with van der Waals surface area (Å²) in [6.07, 6.45) is 3.35. The number of methoxy groups -OCH3 is 1. The highest BCUT2D eigenvalue weighted by molar-refractivity contribution is 6.23. The van der Waals surface area contributed by atoms with Crippen molar-refractivity contribution >= 4 is 52.6 Å². The van der Waals surface area contributed by atoms with E-state index in [2.05, 4.69) is 30.6 Å².